The molecule has 4 aromatic carbocycles. The molecule has 0 aliphatic rings. The normalized spacial score (nSPS) is 11.6. The van der Waals surface area contributed by atoms with Crippen LogP contribution in [0.4, 0.5) is 10.5 Å². The minimum atomic E-state index is -0.632. The third kappa shape index (κ3) is 10.9. The van der Waals surface area contributed by atoms with Gasteiger partial charge < -0.3 is 14.2 Å². The molecule has 0 aliphatic carbocycles. The summed E-state index contributed by atoms with van der Waals surface area (Å²) in [6.45, 7) is 13.3. The number of hydrogen-bond acceptors (Lipinski definition) is 4. The quantitative estimate of drug-likeness (QED) is 0.230. The lowest BCUT2D eigenvalue weighted by molar-refractivity contribution is 0.0636. The van der Waals surface area contributed by atoms with Crippen LogP contribution in [0.15, 0.2) is 91.0 Å². The number of aryl methyl sites for hydroxylation is 2. The predicted molar refractivity (Wildman–Crippen MR) is 185 cm³/mol. The first kappa shape index (κ1) is 33.3. The van der Waals surface area contributed by atoms with Crippen LogP contribution < -0.4 is 14.8 Å². The largest absolute Gasteiger partial charge is 0.477 e. The van der Waals surface area contributed by atoms with Gasteiger partial charge in [0.15, 0.2) is 12.2 Å². The molecule has 0 bridgehead atoms. The number of carbonyl (C=O) groups is 1. The topological polar surface area (TPSA) is 56.8 Å². The molecule has 4 rings (SSSR count). The van der Waals surface area contributed by atoms with Crippen LogP contribution in [0.3, 0.4) is 0 Å². The van der Waals surface area contributed by atoms with Crippen molar-refractivity contribution in [1.82, 2.24) is 0 Å². The summed E-state index contributed by atoms with van der Waals surface area (Å²) in [6, 6.07) is 28.9. The summed E-state index contributed by atoms with van der Waals surface area (Å²) in [6.07, 6.45) is -1.34. The fourth-order valence-corrected chi connectivity index (χ4v) is 4.12. The summed E-state index contributed by atoms with van der Waals surface area (Å²) < 4.78 is 17.8. The minimum Gasteiger partial charge on any atom is -0.477 e. The lowest BCUT2D eigenvalue weighted by Gasteiger charge is -2.20. The van der Waals surface area contributed by atoms with E-state index in [-0.39, 0.29) is 6.10 Å². The fourth-order valence-electron chi connectivity index (χ4n) is 4.12. The first-order valence-electron chi connectivity index (χ1n) is 15.2. The summed E-state index contributed by atoms with van der Waals surface area (Å²) in [7, 11) is 0. The van der Waals surface area contributed by atoms with Gasteiger partial charge in [-0.2, -0.15) is 0 Å². The van der Waals surface area contributed by atoms with Gasteiger partial charge in [-0.1, -0.05) is 83.0 Å². The van der Waals surface area contributed by atoms with Gasteiger partial charge in [-0.15, -0.1) is 0 Å². The van der Waals surface area contributed by atoms with E-state index in [2.05, 4.69) is 40.8 Å². The Labute approximate surface area is 273 Å². The van der Waals surface area contributed by atoms with E-state index >= 15 is 0 Å². The van der Waals surface area contributed by atoms with Gasteiger partial charge in [-0.25, -0.2) is 4.79 Å². The van der Waals surface area contributed by atoms with E-state index < -0.39 is 17.8 Å². The molecule has 0 saturated carbocycles. The highest BCUT2D eigenvalue weighted by atomic mass is 16.6. The van der Waals surface area contributed by atoms with Crippen molar-refractivity contribution < 1.29 is 19.0 Å². The molecule has 0 heterocycles. The van der Waals surface area contributed by atoms with Crippen molar-refractivity contribution in [3.05, 3.63) is 124 Å². The number of anilines is 1. The molecule has 2 atom stereocenters. The van der Waals surface area contributed by atoms with Crippen LogP contribution >= 0.6 is 0 Å². The van der Waals surface area contributed by atoms with Gasteiger partial charge in [-0.05, 0) is 103 Å². The van der Waals surface area contributed by atoms with Gasteiger partial charge in [0.2, 0.25) is 0 Å². The molecule has 5 nitrogen and oxygen atoms in total. The van der Waals surface area contributed by atoms with Crippen LogP contribution in [0, 0.1) is 49.4 Å². The molecule has 1 N–H and O–H groups in total. The summed E-state index contributed by atoms with van der Waals surface area (Å²) in [5, 5.41) is 2.78. The smallest absolute Gasteiger partial charge is 0.412 e. The number of benzene rings is 4. The molecule has 0 radical (unpaired) electrons. The zero-order chi connectivity index (χ0) is 33.1. The Morgan fingerprint density at radius 3 is 1.70 bits per heavy atom. The molecule has 46 heavy (non-hydrogen) atoms. The molecule has 0 saturated heterocycles. The van der Waals surface area contributed by atoms with Crippen molar-refractivity contribution in [3.63, 3.8) is 0 Å². The van der Waals surface area contributed by atoms with Crippen molar-refractivity contribution in [2.75, 3.05) is 5.32 Å². The Kier molecular flexibility index (Phi) is 11.2. The van der Waals surface area contributed by atoms with Crippen LogP contribution in [0.5, 0.6) is 11.5 Å². The van der Waals surface area contributed by atoms with E-state index in [9.17, 15) is 4.79 Å². The first-order valence-corrected chi connectivity index (χ1v) is 15.2. The van der Waals surface area contributed by atoms with Gasteiger partial charge in [0.25, 0.3) is 0 Å². The number of rotatable bonds is 5. The first-order chi connectivity index (χ1) is 21.9. The monoisotopic (exact) mass is 609 g/mol. The Bertz CT molecular complexity index is 1850. The summed E-state index contributed by atoms with van der Waals surface area (Å²) >= 11 is 0. The standard InChI is InChI=1S/C41H39NO4/c1-29-12-18-33(19-13-29)22-16-31(3)44-38-11-9-8-10-35(38)24-25-36-28-37(42-40(43)46-41(5,6)7)26-27-39(36)45-32(4)17-23-34-20-14-30(2)15-21-34/h8-15,18-21,26-28,31-32H,1-7H3,(H,42,43)/t31-,32-/m1/s1. The highest BCUT2D eigenvalue weighted by Crippen LogP contribution is 2.25. The van der Waals surface area contributed by atoms with E-state index in [1.807, 2.05) is 121 Å². The zero-order valence-electron chi connectivity index (χ0n) is 27.4. The van der Waals surface area contributed by atoms with Gasteiger partial charge in [0, 0.05) is 16.8 Å². The van der Waals surface area contributed by atoms with E-state index in [0.717, 1.165) is 11.1 Å². The number of carbonyl (C=O) groups excluding carboxylic acids is 1. The Morgan fingerprint density at radius 1 is 0.652 bits per heavy atom. The molecule has 5 heteroatoms. The van der Waals surface area contributed by atoms with Gasteiger partial charge in [-0.3, -0.25) is 5.32 Å². The van der Waals surface area contributed by atoms with Gasteiger partial charge in [0.1, 0.15) is 17.1 Å². The predicted octanol–water partition coefficient (Wildman–Crippen LogP) is 8.69. The second kappa shape index (κ2) is 15.4. The second-order valence-corrected chi connectivity index (χ2v) is 11.9. The third-order valence-electron chi connectivity index (χ3n) is 6.39. The second-order valence-electron chi connectivity index (χ2n) is 11.9. The van der Waals surface area contributed by atoms with Crippen LogP contribution in [0.25, 0.3) is 0 Å². The van der Waals surface area contributed by atoms with Crippen molar-refractivity contribution in [2.24, 2.45) is 0 Å². The van der Waals surface area contributed by atoms with Crippen LogP contribution in [0.1, 0.15) is 68.0 Å². The fraction of sp³-hybridized carbons (Fsp3) is 0.244. The lowest BCUT2D eigenvalue weighted by Crippen LogP contribution is -2.27. The van der Waals surface area contributed by atoms with Crippen molar-refractivity contribution >= 4 is 11.8 Å². The van der Waals surface area contributed by atoms with Crippen LogP contribution in [0.2, 0.25) is 0 Å². The van der Waals surface area contributed by atoms with Crippen LogP contribution in [-0.4, -0.2) is 23.9 Å². The van der Waals surface area contributed by atoms with E-state index in [0.29, 0.717) is 28.3 Å². The average Bonchev–Trinajstić information content (AvgIpc) is 3.00. The molecule has 0 aliphatic heterocycles. The number of nitrogens with one attached hydrogen (secondary N) is 1. The summed E-state index contributed by atoms with van der Waals surface area (Å²) in [5.41, 5.74) is 5.35. The number of amides is 1. The molecular weight excluding hydrogens is 570 g/mol. The summed E-state index contributed by atoms with van der Waals surface area (Å²) in [5.74, 6) is 20.2. The Balaban J connectivity index is 1.59. The maximum Gasteiger partial charge on any atom is 0.412 e. The Morgan fingerprint density at radius 2 is 1.15 bits per heavy atom. The molecule has 0 spiro atoms. The van der Waals surface area contributed by atoms with E-state index in [1.165, 1.54) is 11.1 Å². The molecular formula is C41H39NO4. The SMILES string of the molecule is Cc1ccc(C#C[C@@H](C)Oc2ccccc2C#Cc2cc(NC(=O)OC(C)(C)C)ccc2O[C@H](C)C#Cc2ccc(C)cc2)cc1. The third-order valence-corrected chi connectivity index (χ3v) is 6.39. The molecule has 0 unspecified atom stereocenters. The van der Waals surface area contributed by atoms with Gasteiger partial charge in [0.05, 0.1) is 11.1 Å². The highest BCUT2D eigenvalue weighted by Gasteiger charge is 2.17. The maximum atomic E-state index is 12.5. The number of ether oxygens (including phenoxy) is 3. The van der Waals surface area contributed by atoms with Crippen molar-refractivity contribution in [2.45, 2.75) is 66.3 Å². The highest BCUT2D eigenvalue weighted by molar-refractivity contribution is 5.85. The van der Waals surface area contributed by atoms with Crippen molar-refractivity contribution in [1.29, 1.82) is 0 Å². The van der Waals surface area contributed by atoms with Crippen molar-refractivity contribution in [3.8, 4) is 47.0 Å². The number of hydrogen-bond donors (Lipinski definition) is 1. The van der Waals surface area contributed by atoms with Crippen LogP contribution in [-0.2, 0) is 4.74 Å². The van der Waals surface area contributed by atoms with Gasteiger partial charge >= 0.3 is 6.09 Å². The molecule has 232 valence electrons. The minimum absolute atomic E-state index is 0.363. The van der Waals surface area contributed by atoms with E-state index in [1.54, 1.807) is 18.2 Å². The van der Waals surface area contributed by atoms with E-state index in [4.69, 9.17) is 14.2 Å². The summed E-state index contributed by atoms with van der Waals surface area (Å²) in [4.78, 5) is 12.5. The Hall–Kier alpha value is -5.57. The number of para-hydroxylation sites is 1. The molecule has 0 fully saturated rings. The lowest BCUT2D eigenvalue weighted by atomic mass is 10.1. The molecule has 1 amide bonds. The maximum absolute atomic E-state index is 12.5. The molecule has 0 aromatic heterocycles. The molecule has 4 aromatic rings. The zero-order valence-corrected chi connectivity index (χ0v) is 27.4. The average molecular weight is 610 g/mol.